The Morgan fingerprint density at radius 2 is 1.58 bits per heavy atom. The molecule has 0 fully saturated rings. The van der Waals surface area contributed by atoms with Crippen molar-refractivity contribution in [1.29, 1.82) is 0 Å². The third-order valence-electron chi connectivity index (χ3n) is 1.97. The SMILES string of the molecule is O=C(CO)[C@@H](O)[C@H](O)[C@H](O)[C@H](O)COP(=O)(O)O.[Ba]. The van der Waals surface area contributed by atoms with Gasteiger partial charge in [-0.3, -0.25) is 9.32 Å². The molecule has 0 aromatic rings. The van der Waals surface area contributed by atoms with Gasteiger partial charge in [0.15, 0.2) is 5.78 Å². The quantitative estimate of drug-likeness (QED) is 0.148. The molecule has 0 saturated carbocycles. The molecule has 4 atom stereocenters. The molecule has 0 bridgehead atoms. The molecule has 110 valence electrons. The fourth-order valence-electron chi connectivity index (χ4n) is 0.970. The van der Waals surface area contributed by atoms with Crippen molar-refractivity contribution in [3.05, 3.63) is 0 Å². The fourth-order valence-corrected chi connectivity index (χ4v) is 1.32. The van der Waals surface area contributed by atoms with Gasteiger partial charge >= 0.3 is 7.82 Å². The molecule has 0 aromatic heterocycles. The molecule has 0 aliphatic heterocycles. The maximum atomic E-state index is 10.8. The number of hydrogen-bond acceptors (Lipinski definition) is 8. The molecular weight excluding hydrogens is 412 g/mol. The molecule has 7 N–H and O–H groups in total. The molecule has 0 aromatic carbocycles. The summed E-state index contributed by atoms with van der Waals surface area (Å²) in [6, 6.07) is 0. The Morgan fingerprint density at radius 3 is 1.95 bits per heavy atom. The van der Waals surface area contributed by atoms with Crippen LogP contribution in [0.1, 0.15) is 0 Å². The zero-order valence-corrected chi connectivity index (χ0v) is 15.1. The number of carbonyl (C=O) groups excluding carboxylic acids is 1. The number of carbonyl (C=O) groups is 1. The summed E-state index contributed by atoms with van der Waals surface area (Å²) >= 11 is 0. The summed E-state index contributed by atoms with van der Waals surface area (Å²) in [7, 11) is -4.86. The summed E-state index contributed by atoms with van der Waals surface area (Å²) in [5, 5.41) is 45.2. The fraction of sp³-hybridized carbons (Fsp3) is 0.857. The van der Waals surface area contributed by atoms with Crippen molar-refractivity contribution in [2.75, 3.05) is 13.2 Å². The van der Waals surface area contributed by atoms with Gasteiger partial charge in [-0.1, -0.05) is 0 Å². The van der Waals surface area contributed by atoms with E-state index >= 15 is 0 Å². The third-order valence-corrected chi connectivity index (χ3v) is 2.45. The van der Waals surface area contributed by atoms with E-state index in [-0.39, 0.29) is 48.9 Å². The first-order valence-corrected chi connectivity index (χ1v) is 6.19. The molecule has 0 aliphatic rings. The van der Waals surface area contributed by atoms with Crippen LogP contribution in [0.2, 0.25) is 0 Å². The average molecular weight is 427 g/mol. The van der Waals surface area contributed by atoms with E-state index in [1.54, 1.807) is 0 Å². The normalized spacial score (nSPS) is 18.1. The number of hydrogen-bond donors (Lipinski definition) is 7. The zero-order valence-electron chi connectivity index (χ0n) is 9.73. The topological polar surface area (TPSA) is 185 Å². The second-order valence-electron chi connectivity index (χ2n) is 3.40. The minimum Gasteiger partial charge on any atom is -0.388 e. The van der Waals surface area contributed by atoms with Crippen LogP contribution in [-0.2, 0) is 13.9 Å². The largest absolute Gasteiger partial charge is 0.469 e. The number of aliphatic hydroxyl groups excluding tert-OH is 5. The van der Waals surface area contributed by atoms with Crippen LogP contribution in [-0.4, -0.2) is 128 Å². The maximum absolute atomic E-state index is 10.8. The number of aliphatic hydroxyl groups is 5. The van der Waals surface area contributed by atoms with Crippen LogP contribution in [0.5, 0.6) is 0 Å². The van der Waals surface area contributed by atoms with Crippen LogP contribution in [0.25, 0.3) is 0 Å². The Morgan fingerprint density at radius 1 is 1.11 bits per heavy atom. The van der Waals surface area contributed by atoms with Crippen LogP contribution in [0.4, 0.5) is 0 Å². The van der Waals surface area contributed by atoms with Crippen molar-refractivity contribution in [3.8, 4) is 0 Å². The molecule has 2 radical (unpaired) electrons. The first-order chi connectivity index (χ1) is 8.10. The molecule has 0 heterocycles. The number of ketones is 1. The monoisotopic (exact) mass is 428 g/mol. The number of Topliss-reactive ketones (excluding diaryl/α,β-unsaturated/α-hetero) is 1. The Kier molecular flexibility index (Phi) is 11.8. The van der Waals surface area contributed by atoms with Crippen molar-refractivity contribution < 1.29 is 49.2 Å². The molecule has 12 heteroatoms. The van der Waals surface area contributed by atoms with Crippen molar-refractivity contribution in [2.24, 2.45) is 0 Å². The van der Waals surface area contributed by atoms with Crippen molar-refractivity contribution in [3.63, 3.8) is 0 Å². The Labute approximate surface area is 148 Å². The van der Waals surface area contributed by atoms with Gasteiger partial charge < -0.3 is 35.3 Å². The number of phosphoric ester groups is 1. The van der Waals surface area contributed by atoms with Crippen LogP contribution in [0, 0.1) is 0 Å². The molecule has 0 unspecified atom stereocenters. The van der Waals surface area contributed by atoms with Crippen LogP contribution < -0.4 is 0 Å². The van der Waals surface area contributed by atoms with E-state index < -0.39 is 51.2 Å². The molecular formula is C7H15BaO10P. The van der Waals surface area contributed by atoms with Gasteiger partial charge in [-0.2, -0.15) is 0 Å². The van der Waals surface area contributed by atoms with Gasteiger partial charge in [-0.05, 0) is 0 Å². The number of rotatable bonds is 8. The summed E-state index contributed by atoms with van der Waals surface area (Å²) in [4.78, 5) is 27.4. The minimum absolute atomic E-state index is 0. The standard InChI is InChI=1S/C7H15O10P.Ba/c8-1-3(9)5(11)7(13)6(12)4(10)2-17-18(14,15)16;/h4-8,10-13H,1-2H2,(H2,14,15,16);/t4-,5-,6-,7+;/m1./s1. The van der Waals surface area contributed by atoms with Gasteiger partial charge in [0.2, 0.25) is 0 Å². The molecule has 0 saturated heterocycles. The van der Waals surface area contributed by atoms with Gasteiger partial charge in [0.05, 0.1) is 6.61 Å². The van der Waals surface area contributed by atoms with E-state index in [1.165, 1.54) is 0 Å². The first-order valence-electron chi connectivity index (χ1n) is 4.66. The first kappa shape index (κ1) is 22.4. The Bertz CT molecular complexity index is 319. The summed E-state index contributed by atoms with van der Waals surface area (Å²) in [5.41, 5.74) is 0. The van der Waals surface area contributed by atoms with Crippen molar-refractivity contribution in [1.82, 2.24) is 0 Å². The Balaban J connectivity index is 0. The van der Waals surface area contributed by atoms with E-state index in [9.17, 15) is 24.7 Å². The second kappa shape index (κ2) is 9.97. The summed E-state index contributed by atoms with van der Waals surface area (Å²) in [6.45, 7) is -2.11. The van der Waals surface area contributed by atoms with Gasteiger partial charge in [-0.25, -0.2) is 4.57 Å². The summed E-state index contributed by atoms with van der Waals surface area (Å²) in [5.74, 6) is -1.19. The smallest absolute Gasteiger partial charge is 0.388 e. The van der Waals surface area contributed by atoms with E-state index in [0.717, 1.165) is 0 Å². The second-order valence-corrected chi connectivity index (χ2v) is 4.64. The van der Waals surface area contributed by atoms with Crippen LogP contribution >= 0.6 is 7.82 Å². The number of phosphoric acid groups is 1. The Hall–Kier alpha value is 1.15. The van der Waals surface area contributed by atoms with Gasteiger partial charge in [-0.15, -0.1) is 0 Å². The van der Waals surface area contributed by atoms with Crippen LogP contribution in [0.3, 0.4) is 0 Å². The summed E-state index contributed by atoms with van der Waals surface area (Å²) < 4.78 is 14.2. The van der Waals surface area contributed by atoms with E-state index in [0.29, 0.717) is 0 Å². The van der Waals surface area contributed by atoms with E-state index in [1.807, 2.05) is 0 Å². The van der Waals surface area contributed by atoms with Gasteiger partial charge in [0.25, 0.3) is 0 Å². The van der Waals surface area contributed by atoms with E-state index in [4.69, 9.17) is 20.0 Å². The molecule has 0 amide bonds. The zero-order chi connectivity index (χ0) is 14.5. The van der Waals surface area contributed by atoms with E-state index in [2.05, 4.69) is 4.52 Å². The summed E-state index contributed by atoms with van der Waals surface area (Å²) in [6.07, 6.45) is -8.33. The maximum Gasteiger partial charge on any atom is 0.469 e. The average Bonchev–Trinajstić information content (AvgIpc) is 2.31. The molecule has 0 spiro atoms. The van der Waals surface area contributed by atoms with Gasteiger partial charge in [0, 0.05) is 48.9 Å². The van der Waals surface area contributed by atoms with Gasteiger partial charge in [0.1, 0.15) is 31.0 Å². The third kappa shape index (κ3) is 8.91. The van der Waals surface area contributed by atoms with Crippen molar-refractivity contribution in [2.45, 2.75) is 24.4 Å². The van der Waals surface area contributed by atoms with Crippen LogP contribution in [0.15, 0.2) is 0 Å². The molecule has 0 aliphatic carbocycles. The predicted octanol–water partition coefficient (Wildman–Crippen LogP) is -4.28. The molecule has 0 rings (SSSR count). The molecule has 10 nitrogen and oxygen atoms in total. The minimum atomic E-state index is -4.86. The molecule has 19 heavy (non-hydrogen) atoms. The predicted molar refractivity (Wildman–Crippen MR) is 59.9 cm³/mol. The van der Waals surface area contributed by atoms with Crippen molar-refractivity contribution >= 4 is 62.5 Å².